The summed E-state index contributed by atoms with van der Waals surface area (Å²) in [5.41, 5.74) is 2.30. The number of esters is 2. The van der Waals surface area contributed by atoms with E-state index in [0.29, 0.717) is 48.2 Å². The van der Waals surface area contributed by atoms with E-state index in [1.807, 2.05) is 0 Å². The van der Waals surface area contributed by atoms with E-state index in [1.165, 1.54) is 13.0 Å². The van der Waals surface area contributed by atoms with Gasteiger partial charge < -0.3 is 24.5 Å². The predicted octanol–water partition coefficient (Wildman–Crippen LogP) is 2.97. The molecule has 0 saturated heterocycles. The van der Waals surface area contributed by atoms with E-state index in [4.69, 9.17) is 14.5 Å². The average molecular weight is 576 g/mol. The summed E-state index contributed by atoms with van der Waals surface area (Å²) in [4.78, 5) is 55.7. The highest BCUT2D eigenvalue weighted by Crippen LogP contribution is 2.46. The molecule has 218 valence electrons. The van der Waals surface area contributed by atoms with Crippen LogP contribution in [0.25, 0.3) is 22.3 Å². The molecule has 2 N–H and O–H groups in total. The molecule has 1 fully saturated rings. The second-order valence-corrected chi connectivity index (χ2v) is 11.8. The maximum absolute atomic E-state index is 15.1. The number of aromatic nitrogens is 2. The number of fused-ring (bicyclic) bond motifs is 5. The van der Waals surface area contributed by atoms with Crippen molar-refractivity contribution in [1.82, 2.24) is 14.9 Å². The quantitative estimate of drug-likeness (QED) is 0.355. The Kier molecular flexibility index (Phi) is 5.85. The molecule has 0 bridgehead atoms. The van der Waals surface area contributed by atoms with E-state index >= 15 is 4.39 Å². The van der Waals surface area contributed by atoms with Gasteiger partial charge >= 0.3 is 11.9 Å². The Morgan fingerprint density at radius 1 is 1.24 bits per heavy atom. The van der Waals surface area contributed by atoms with E-state index in [1.54, 1.807) is 24.5 Å². The number of aliphatic hydroxyl groups is 1. The molecule has 1 aromatic carbocycles. The third-order valence-corrected chi connectivity index (χ3v) is 9.49. The number of hydrogen-bond acceptors (Lipinski definition) is 8. The van der Waals surface area contributed by atoms with Crippen molar-refractivity contribution in [2.75, 3.05) is 0 Å². The standard InChI is InChI=1S/C31H30FN3O7/c1-4-31(40)20-9-24-27-18(11-35(24)29(38)19(20)12-41-30(31)39)26-22(34-28(37)15-7-16(8-15)42-14(3)36)6-5-17-13(2)21(32)10-23(33-27)25(17)26/h9-10,15-16,22,40H,4-8,11-12H2,1-3H3,(H,34,37)/t15-,16-,22-,31-/m0/s1. The van der Waals surface area contributed by atoms with Gasteiger partial charge in [-0.15, -0.1) is 0 Å². The summed E-state index contributed by atoms with van der Waals surface area (Å²) < 4.78 is 27.0. The number of amides is 1. The third kappa shape index (κ3) is 3.68. The zero-order valence-electron chi connectivity index (χ0n) is 23.5. The minimum Gasteiger partial charge on any atom is -0.463 e. The van der Waals surface area contributed by atoms with Gasteiger partial charge in [-0.1, -0.05) is 6.92 Å². The Balaban J connectivity index is 1.36. The maximum atomic E-state index is 15.1. The van der Waals surface area contributed by atoms with E-state index in [-0.39, 0.29) is 66.0 Å². The summed E-state index contributed by atoms with van der Waals surface area (Å²) in [6.45, 7) is 4.66. The lowest BCUT2D eigenvalue weighted by Crippen LogP contribution is -2.44. The number of ether oxygens (including phenoxy) is 2. The number of nitrogens with one attached hydrogen (secondary N) is 1. The van der Waals surface area contributed by atoms with Gasteiger partial charge in [0.05, 0.1) is 35.1 Å². The van der Waals surface area contributed by atoms with Crippen LogP contribution in [0.3, 0.4) is 0 Å². The van der Waals surface area contributed by atoms with Gasteiger partial charge in [0.25, 0.3) is 5.56 Å². The van der Waals surface area contributed by atoms with Crippen molar-refractivity contribution in [3.8, 4) is 11.4 Å². The molecular weight excluding hydrogens is 545 g/mol. The van der Waals surface area contributed by atoms with Crippen molar-refractivity contribution in [3.63, 3.8) is 0 Å². The Morgan fingerprint density at radius 2 is 2.00 bits per heavy atom. The summed E-state index contributed by atoms with van der Waals surface area (Å²) in [6.07, 6.45) is 1.75. The minimum absolute atomic E-state index is 0.0203. The number of carbonyl (C=O) groups is 3. The number of carbonyl (C=O) groups excluding carboxylic acids is 3. The van der Waals surface area contributed by atoms with Crippen molar-refractivity contribution in [3.05, 3.63) is 61.7 Å². The summed E-state index contributed by atoms with van der Waals surface area (Å²) in [6, 6.07) is 2.61. The number of rotatable bonds is 4. The smallest absolute Gasteiger partial charge is 0.343 e. The van der Waals surface area contributed by atoms with Crippen LogP contribution < -0.4 is 10.9 Å². The third-order valence-electron chi connectivity index (χ3n) is 9.49. The number of nitrogens with zero attached hydrogens (tertiary/aromatic N) is 2. The van der Waals surface area contributed by atoms with Gasteiger partial charge in [0.15, 0.2) is 5.60 Å². The molecule has 2 aliphatic heterocycles. The molecule has 4 aliphatic rings. The molecule has 0 radical (unpaired) electrons. The lowest BCUT2D eigenvalue weighted by molar-refractivity contribution is -0.172. The van der Waals surface area contributed by atoms with E-state index < -0.39 is 17.6 Å². The zero-order valence-corrected chi connectivity index (χ0v) is 23.5. The lowest BCUT2D eigenvalue weighted by Gasteiger charge is -2.36. The van der Waals surface area contributed by atoms with Crippen LogP contribution in [0.5, 0.6) is 0 Å². The zero-order chi connectivity index (χ0) is 29.7. The Bertz CT molecular complexity index is 1810. The number of benzene rings is 1. The monoisotopic (exact) mass is 575 g/mol. The Morgan fingerprint density at radius 3 is 2.71 bits per heavy atom. The van der Waals surface area contributed by atoms with Gasteiger partial charge in [-0.3, -0.25) is 14.4 Å². The van der Waals surface area contributed by atoms with Crippen molar-refractivity contribution in [1.29, 1.82) is 0 Å². The first kappa shape index (κ1) is 26.8. The molecular formula is C31H30FN3O7. The fourth-order valence-corrected chi connectivity index (χ4v) is 7.10. The van der Waals surface area contributed by atoms with Gasteiger partial charge in [0, 0.05) is 35.4 Å². The van der Waals surface area contributed by atoms with Crippen LogP contribution in [0.15, 0.2) is 16.9 Å². The van der Waals surface area contributed by atoms with Crippen molar-refractivity contribution >= 4 is 28.7 Å². The topological polar surface area (TPSA) is 137 Å². The fraction of sp³-hybridized carbons (Fsp3) is 0.452. The molecule has 0 unspecified atom stereocenters. The molecule has 11 heteroatoms. The van der Waals surface area contributed by atoms with E-state index in [2.05, 4.69) is 5.32 Å². The fourth-order valence-electron chi connectivity index (χ4n) is 7.10. The summed E-state index contributed by atoms with van der Waals surface area (Å²) >= 11 is 0. The molecule has 0 spiro atoms. The Labute approximate surface area is 239 Å². The average Bonchev–Trinajstić information content (AvgIpc) is 3.30. The van der Waals surface area contributed by atoms with E-state index in [9.17, 15) is 24.3 Å². The molecule has 3 aromatic rings. The minimum atomic E-state index is -1.96. The van der Waals surface area contributed by atoms with Gasteiger partial charge in [0.2, 0.25) is 5.91 Å². The molecule has 7 rings (SSSR count). The second-order valence-electron chi connectivity index (χ2n) is 11.8. The Hall–Kier alpha value is -4.12. The molecule has 1 saturated carbocycles. The molecule has 1 amide bonds. The van der Waals surface area contributed by atoms with Crippen molar-refractivity contribution in [2.24, 2.45) is 5.92 Å². The van der Waals surface area contributed by atoms with Crippen LogP contribution in [0.1, 0.15) is 79.0 Å². The highest BCUT2D eigenvalue weighted by molar-refractivity contribution is 5.94. The number of pyridine rings is 2. The van der Waals surface area contributed by atoms with Crippen LogP contribution in [-0.4, -0.2) is 38.6 Å². The first-order valence-electron chi connectivity index (χ1n) is 14.3. The van der Waals surface area contributed by atoms with Crippen LogP contribution in [0, 0.1) is 18.7 Å². The molecule has 4 heterocycles. The van der Waals surface area contributed by atoms with Crippen LogP contribution in [0.4, 0.5) is 4.39 Å². The lowest BCUT2D eigenvalue weighted by atomic mass is 9.79. The van der Waals surface area contributed by atoms with Crippen LogP contribution in [0.2, 0.25) is 0 Å². The van der Waals surface area contributed by atoms with Crippen LogP contribution >= 0.6 is 0 Å². The summed E-state index contributed by atoms with van der Waals surface area (Å²) in [5, 5.41) is 15.2. The summed E-state index contributed by atoms with van der Waals surface area (Å²) in [7, 11) is 0. The van der Waals surface area contributed by atoms with Crippen molar-refractivity contribution < 1.29 is 33.4 Å². The van der Waals surface area contributed by atoms with E-state index in [0.717, 1.165) is 22.1 Å². The number of halogens is 1. The normalized spacial score (nSPS) is 25.2. The van der Waals surface area contributed by atoms with Gasteiger partial charge in [-0.05, 0) is 61.8 Å². The van der Waals surface area contributed by atoms with Crippen LogP contribution in [-0.2, 0) is 49.0 Å². The molecule has 2 aliphatic carbocycles. The molecule has 42 heavy (non-hydrogen) atoms. The molecule has 10 nitrogen and oxygen atoms in total. The highest BCUT2D eigenvalue weighted by atomic mass is 19.1. The highest BCUT2D eigenvalue weighted by Gasteiger charge is 2.46. The predicted molar refractivity (Wildman–Crippen MR) is 147 cm³/mol. The number of hydrogen-bond donors (Lipinski definition) is 2. The second kappa shape index (κ2) is 9.19. The SMILES string of the molecule is CC[C@@]1(O)C(=O)OCc2c1cc1n(c2=O)Cc2c-1nc1cc(F)c(C)c3c1c2[C@@H](NC(=O)[C@H]1C[C@H](OC(C)=O)C1)CC3. The first-order valence-corrected chi connectivity index (χ1v) is 14.3. The first-order chi connectivity index (χ1) is 20.0. The molecule has 2 atom stereocenters. The van der Waals surface area contributed by atoms with Gasteiger partial charge in [-0.25, -0.2) is 14.2 Å². The molecule has 2 aromatic heterocycles. The maximum Gasteiger partial charge on any atom is 0.343 e. The largest absolute Gasteiger partial charge is 0.463 e. The van der Waals surface area contributed by atoms with Crippen molar-refractivity contribution in [2.45, 2.75) is 83.8 Å². The summed E-state index contributed by atoms with van der Waals surface area (Å²) in [5.74, 6) is -1.99. The van der Waals surface area contributed by atoms with Gasteiger partial charge in [-0.2, -0.15) is 0 Å². The number of aryl methyl sites for hydroxylation is 1. The number of cyclic esters (lactones) is 1. The van der Waals surface area contributed by atoms with Gasteiger partial charge in [0.1, 0.15) is 18.5 Å².